The van der Waals surface area contributed by atoms with Gasteiger partial charge in [-0.15, -0.1) is 0 Å². The Balaban J connectivity index is 1.22. The molecule has 4 heteroatoms. The minimum Gasteiger partial charge on any atom is -0.465 e. The number of carbonyl (C=O) groups is 1. The Bertz CT molecular complexity index is 1490. The molecule has 42 heavy (non-hydrogen) atoms. The molecule has 6 aliphatic rings. The summed E-state index contributed by atoms with van der Waals surface area (Å²) in [6.07, 6.45) is 13.9. The van der Waals surface area contributed by atoms with Gasteiger partial charge in [-0.25, -0.2) is 4.79 Å². The lowest BCUT2D eigenvalue weighted by molar-refractivity contribution is -0.159. The lowest BCUT2D eigenvalue weighted by Crippen LogP contribution is -2.60. The van der Waals surface area contributed by atoms with E-state index >= 15 is 0 Å². The van der Waals surface area contributed by atoms with Gasteiger partial charge in [0.1, 0.15) is 5.60 Å². The standard InChI is InChI=1S/C38H47NO3/c1-22-23(2)32-27(22)20-38(42-21-39)19-15-29-26(33(32)38)12-13-31-36(29,5)18-16-30-35(3,4)28(14-17-37(30,31)6)24-8-10-25(11-9-24)34(40)41-7/h8-11,14,23,26,29-31H,12-13,15-20H2,1-7H3. The summed E-state index contributed by atoms with van der Waals surface area (Å²) in [5.74, 6) is 2.75. The number of rotatable bonds is 3. The van der Waals surface area contributed by atoms with E-state index in [9.17, 15) is 10.1 Å². The molecule has 8 atom stereocenters. The van der Waals surface area contributed by atoms with E-state index in [1.807, 2.05) is 12.1 Å². The SMILES string of the molecule is COC(=O)c1ccc(C2=CCC3(C)C(CCC4(C)C5CCC6(OC#N)CC7=C(C)C(C)C7=C6C5CCC43)C2(C)C)cc1. The third kappa shape index (κ3) is 3.43. The molecular formula is C38H47NO3. The van der Waals surface area contributed by atoms with Crippen LogP contribution < -0.4 is 0 Å². The first-order valence-electron chi connectivity index (χ1n) is 16.3. The van der Waals surface area contributed by atoms with Gasteiger partial charge in [-0.3, -0.25) is 0 Å². The van der Waals surface area contributed by atoms with Crippen LogP contribution in [0, 0.1) is 57.4 Å². The second-order valence-electron chi connectivity index (χ2n) is 15.7. The number of hydrogen-bond acceptors (Lipinski definition) is 4. The van der Waals surface area contributed by atoms with Crippen LogP contribution in [-0.4, -0.2) is 18.7 Å². The van der Waals surface area contributed by atoms with Crippen LogP contribution in [0.5, 0.6) is 0 Å². The average molecular weight is 566 g/mol. The van der Waals surface area contributed by atoms with Crippen molar-refractivity contribution >= 4 is 11.5 Å². The number of methoxy groups -OCH3 is 1. The van der Waals surface area contributed by atoms with Crippen molar-refractivity contribution in [3.05, 3.63) is 63.8 Å². The number of ether oxygens (including phenoxy) is 2. The molecule has 3 fully saturated rings. The first-order valence-corrected chi connectivity index (χ1v) is 16.3. The van der Waals surface area contributed by atoms with Gasteiger partial charge in [-0.1, -0.05) is 58.4 Å². The van der Waals surface area contributed by atoms with Crippen LogP contribution >= 0.6 is 0 Å². The lowest BCUT2D eigenvalue weighted by Gasteiger charge is -2.67. The van der Waals surface area contributed by atoms with Crippen LogP contribution in [0.25, 0.3) is 5.57 Å². The highest BCUT2D eigenvalue weighted by molar-refractivity contribution is 5.90. The summed E-state index contributed by atoms with van der Waals surface area (Å²) in [5.41, 5.74) is 9.66. The minimum atomic E-state index is -0.370. The van der Waals surface area contributed by atoms with Crippen LogP contribution in [0.4, 0.5) is 0 Å². The molecule has 0 N–H and O–H groups in total. The van der Waals surface area contributed by atoms with Crippen LogP contribution in [0.1, 0.15) is 109 Å². The minimum absolute atomic E-state index is 0.0505. The van der Waals surface area contributed by atoms with E-state index in [1.165, 1.54) is 61.5 Å². The predicted molar refractivity (Wildman–Crippen MR) is 165 cm³/mol. The number of carbonyl (C=O) groups excluding carboxylic acids is 1. The van der Waals surface area contributed by atoms with Crippen LogP contribution in [0.15, 0.2) is 52.6 Å². The van der Waals surface area contributed by atoms with E-state index in [0.29, 0.717) is 40.6 Å². The summed E-state index contributed by atoms with van der Waals surface area (Å²) in [7, 11) is 1.44. The van der Waals surface area contributed by atoms with Crippen molar-refractivity contribution in [2.75, 3.05) is 7.11 Å². The Morgan fingerprint density at radius 1 is 0.976 bits per heavy atom. The molecule has 0 spiro atoms. The summed E-state index contributed by atoms with van der Waals surface area (Å²) in [6.45, 7) is 14.9. The molecular weight excluding hydrogens is 518 g/mol. The average Bonchev–Trinajstić information content (AvgIpc) is 3.28. The lowest BCUT2D eigenvalue weighted by atomic mass is 9.37. The molecule has 0 saturated heterocycles. The fraction of sp³-hybridized carbons (Fsp3) is 0.632. The summed E-state index contributed by atoms with van der Waals surface area (Å²) in [4.78, 5) is 12.0. The van der Waals surface area contributed by atoms with Crippen LogP contribution in [-0.2, 0) is 9.47 Å². The van der Waals surface area contributed by atoms with Gasteiger partial charge in [0.25, 0.3) is 6.26 Å². The normalized spacial score (nSPS) is 41.2. The quantitative estimate of drug-likeness (QED) is 0.271. The maximum atomic E-state index is 12.0. The fourth-order valence-corrected chi connectivity index (χ4v) is 12.1. The van der Waals surface area contributed by atoms with Crippen molar-refractivity contribution < 1.29 is 14.3 Å². The van der Waals surface area contributed by atoms with Crippen LogP contribution in [0.2, 0.25) is 0 Å². The Kier molecular flexibility index (Phi) is 6.07. The van der Waals surface area contributed by atoms with Crippen molar-refractivity contribution in [2.24, 2.45) is 45.8 Å². The molecule has 1 aromatic carbocycles. The summed E-state index contributed by atoms with van der Waals surface area (Å²) < 4.78 is 11.0. The van der Waals surface area contributed by atoms with Gasteiger partial charge in [0, 0.05) is 12.3 Å². The Hall–Kier alpha value is -2.80. The van der Waals surface area contributed by atoms with Crippen molar-refractivity contribution in [2.45, 2.75) is 98.5 Å². The molecule has 1 aromatic rings. The number of esters is 1. The smallest absolute Gasteiger partial charge is 0.337 e. The van der Waals surface area contributed by atoms with Crippen molar-refractivity contribution in [1.29, 1.82) is 5.26 Å². The first-order chi connectivity index (χ1) is 19.9. The largest absolute Gasteiger partial charge is 0.465 e. The van der Waals surface area contributed by atoms with E-state index in [1.54, 1.807) is 11.1 Å². The van der Waals surface area contributed by atoms with Gasteiger partial charge in [0.2, 0.25) is 0 Å². The molecule has 4 nitrogen and oxygen atoms in total. The van der Waals surface area contributed by atoms with Crippen molar-refractivity contribution in [3.8, 4) is 6.26 Å². The van der Waals surface area contributed by atoms with Crippen molar-refractivity contribution in [1.82, 2.24) is 0 Å². The second-order valence-corrected chi connectivity index (χ2v) is 15.7. The monoisotopic (exact) mass is 565 g/mol. The zero-order chi connectivity index (χ0) is 29.8. The van der Waals surface area contributed by atoms with E-state index < -0.39 is 0 Å². The molecule has 0 radical (unpaired) electrons. The third-order valence-corrected chi connectivity index (χ3v) is 14.0. The summed E-state index contributed by atoms with van der Waals surface area (Å²) in [6, 6.07) is 8.04. The summed E-state index contributed by atoms with van der Waals surface area (Å²) >= 11 is 0. The van der Waals surface area contributed by atoms with E-state index in [4.69, 9.17) is 9.47 Å². The zero-order valence-electron chi connectivity index (χ0n) is 26.6. The number of allylic oxidation sites excluding steroid dienone is 4. The topological polar surface area (TPSA) is 59.3 Å². The van der Waals surface area contributed by atoms with Gasteiger partial charge in [0.05, 0.1) is 12.7 Å². The number of nitrogens with zero attached hydrogens (tertiary/aromatic N) is 1. The number of nitriles is 1. The fourth-order valence-electron chi connectivity index (χ4n) is 12.1. The van der Waals surface area contributed by atoms with Crippen LogP contribution in [0.3, 0.4) is 0 Å². The molecule has 0 aliphatic heterocycles. The van der Waals surface area contributed by atoms with Gasteiger partial charge in [0.15, 0.2) is 0 Å². The molecule has 222 valence electrons. The molecule has 0 heterocycles. The third-order valence-electron chi connectivity index (χ3n) is 14.0. The van der Waals surface area contributed by atoms with Gasteiger partial charge in [-0.2, -0.15) is 5.26 Å². The number of hydrogen-bond donors (Lipinski definition) is 0. The number of benzene rings is 1. The zero-order valence-corrected chi connectivity index (χ0v) is 26.6. The number of fused-ring (bicyclic) bond motifs is 8. The van der Waals surface area contributed by atoms with Gasteiger partial charge >= 0.3 is 5.97 Å². The maximum Gasteiger partial charge on any atom is 0.337 e. The molecule has 7 rings (SSSR count). The second kappa shape index (κ2) is 9.10. The summed E-state index contributed by atoms with van der Waals surface area (Å²) in [5, 5.41) is 9.75. The molecule has 6 aliphatic carbocycles. The predicted octanol–water partition coefficient (Wildman–Crippen LogP) is 9.05. The molecule has 0 amide bonds. The van der Waals surface area contributed by atoms with Gasteiger partial charge < -0.3 is 9.47 Å². The Labute approximate surface area is 252 Å². The first kappa shape index (κ1) is 28.0. The molecule has 0 bridgehead atoms. The molecule has 8 unspecified atom stereocenters. The molecule has 0 aromatic heterocycles. The highest BCUT2D eigenvalue weighted by Crippen LogP contribution is 2.73. The van der Waals surface area contributed by atoms with E-state index in [0.717, 1.165) is 19.3 Å². The highest BCUT2D eigenvalue weighted by atomic mass is 16.5. The molecule has 3 saturated carbocycles. The van der Waals surface area contributed by atoms with Gasteiger partial charge in [-0.05, 0) is 132 Å². The van der Waals surface area contributed by atoms with E-state index in [2.05, 4.69) is 66.0 Å². The van der Waals surface area contributed by atoms with E-state index in [-0.39, 0.29) is 22.4 Å². The van der Waals surface area contributed by atoms with Crippen molar-refractivity contribution in [3.63, 3.8) is 0 Å². The Morgan fingerprint density at radius 2 is 1.71 bits per heavy atom. The highest BCUT2D eigenvalue weighted by Gasteiger charge is 2.66. The Morgan fingerprint density at radius 3 is 2.40 bits per heavy atom. The maximum absolute atomic E-state index is 12.0.